The second-order valence-electron chi connectivity index (χ2n) is 8.86. The van der Waals surface area contributed by atoms with Gasteiger partial charge in [0, 0.05) is 21.6 Å². The Morgan fingerprint density at radius 3 is 2.39 bits per heavy atom. The van der Waals surface area contributed by atoms with Gasteiger partial charge in [-0.3, -0.25) is 9.69 Å². The van der Waals surface area contributed by atoms with Gasteiger partial charge in [-0.05, 0) is 57.6 Å². The highest BCUT2D eigenvalue weighted by Gasteiger charge is 2.56. The zero-order chi connectivity index (χ0) is 19.3. The molecule has 4 nitrogen and oxygen atoms in total. The van der Waals surface area contributed by atoms with Crippen LogP contribution >= 0.6 is 0 Å². The molecule has 3 atom stereocenters. The van der Waals surface area contributed by atoms with Crippen molar-refractivity contribution in [2.75, 3.05) is 6.61 Å². The van der Waals surface area contributed by atoms with Crippen molar-refractivity contribution in [2.45, 2.75) is 75.3 Å². The van der Waals surface area contributed by atoms with Gasteiger partial charge in [-0.2, -0.15) is 0 Å². The SMILES string of the molecule is Cc1ccc(S(=O)C2=C3COC4(CCCCC4)N3C(=O)[C@H]3CCCC[C@@H]23)cc1. The van der Waals surface area contributed by atoms with Crippen molar-refractivity contribution in [3.8, 4) is 0 Å². The van der Waals surface area contributed by atoms with Crippen molar-refractivity contribution in [3.05, 3.63) is 40.4 Å². The van der Waals surface area contributed by atoms with Gasteiger partial charge in [0.2, 0.25) is 5.91 Å². The van der Waals surface area contributed by atoms with Crippen LogP contribution in [0, 0.1) is 18.8 Å². The second kappa shape index (κ2) is 7.10. The molecule has 4 aliphatic rings. The van der Waals surface area contributed by atoms with Crippen LogP contribution in [0.4, 0.5) is 0 Å². The average molecular weight is 400 g/mol. The summed E-state index contributed by atoms with van der Waals surface area (Å²) >= 11 is 0. The molecule has 1 aromatic rings. The van der Waals surface area contributed by atoms with Crippen LogP contribution in [0.15, 0.2) is 39.8 Å². The Morgan fingerprint density at radius 1 is 1.00 bits per heavy atom. The first-order chi connectivity index (χ1) is 13.6. The number of hydrogen-bond acceptors (Lipinski definition) is 3. The van der Waals surface area contributed by atoms with Gasteiger partial charge in [-0.25, -0.2) is 4.21 Å². The number of rotatable bonds is 2. The summed E-state index contributed by atoms with van der Waals surface area (Å²) in [7, 11) is -1.24. The predicted molar refractivity (Wildman–Crippen MR) is 109 cm³/mol. The maximum atomic E-state index is 13.7. The van der Waals surface area contributed by atoms with Crippen LogP contribution in [0.5, 0.6) is 0 Å². The number of carbonyl (C=O) groups is 1. The Kier molecular flexibility index (Phi) is 4.71. The number of fused-ring (bicyclic) bond motifs is 3. The van der Waals surface area contributed by atoms with Gasteiger partial charge in [0.1, 0.15) is 5.72 Å². The van der Waals surface area contributed by atoms with Gasteiger partial charge in [0.15, 0.2) is 0 Å². The van der Waals surface area contributed by atoms with E-state index in [-0.39, 0.29) is 17.7 Å². The van der Waals surface area contributed by atoms with Crippen LogP contribution in [0.25, 0.3) is 0 Å². The molecule has 0 radical (unpaired) electrons. The van der Waals surface area contributed by atoms with E-state index >= 15 is 0 Å². The lowest BCUT2D eigenvalue weighted by Crippen LogP contribution is -2.55. The zero-order valence-electron chi connectivity index (χ0n) is 16.6. The molecule has 0 N–H and O–H groups in total. The first-order valence-corrected chi connectivity index (χ1v) is 12.0. The molecule has 3 fully saturated rings. The van der Waals surface area contributed by atoms with Crippen LogP contribution < -0.4 is 0 Å². The van der Waals surface area contributed by atoms with Gasteiger partial charge >= 0.3 is 0 Å². The van der Waals surface area contributed by atoms with Crippen molar-refractivity contribution < 1.29 is 13.7 Å². The highest BCUT2D eigenvalue weighted by Crippen LogP contribution is 2.52. The Bertz CT molecular complexity index is 838. The molecule has 2 aliphatic heterocycles. The second-order valence-corrected chi connectivity index (χ2v) is 10.3. The lowest BCUT2D eigenvalue weighted by atomic mass is 9.75. The summed E-state index contributed by atoms with van der Waals surface area (Å²) in [6, 6.07) is 8.00. The van der Waals surface area contributed by atoms with Crippen molar-refractivity contribution in [3.63, 3.8) is 0 Å². The van der Waals surface area contributed by atoms with E-state index < -0.39 is 16.5 Å². The Morgan fingerprint density at radius 2 is 1.68 bits per heavy atom. The van der Waals surface area contributed by atoms with Gasteiger partial charge in [-0.15, -0.1) is 0 Å². The van der Waals surface area contributed by atoms with Crippen molar-refractivity contribution >= 4 is 16.7 Å². The van der Waals surface area contributed by atoms with Gasteiger partial charge < -0.3 is 4.74 Å². The molecule has 2 heterocycles. The number of hydrogen-bond donors (Lipinski definition) is 0. The molecule has 1 unspecified atom stereocenters. The maximum absolute atomic E-state index is 13.7. The maximum Gasteiger partial charge on any atom is 0.232 e. The van der Waals surface area contributed by atoms with E-state index in [1.807, 2.05) is 36.1 Å². The molecular formula is C23H29NO3S. The third kappa shape index (κ3) is 2.81. The quantitative estimate of drug-likeness (QED) is 0.727. The summed E-state index contributed by atoms with van der Waals surface area (Å²) in [5, 5.41) is 0. The fourth-order valence-electron chi connectivity index (χ4n) is 5.72. The number of amides is 1. The van der Waals surface area contributed by atoms with E-state index in [9.17, 15) is 9.00 Å². The molecule has 150 valence electrons. The summed E-state index contributed by atoms with van der Waals surface area (Å²) in [5.74, 6) is 0.322. The highest BCUT2D eigenvalue weighted by atomic mass is 32.2. The molecule has 2 saturated carbocycles. The monoisotopic (exact) mass is 399 g/mol. The molecule has 5 heteroatoms. The number of ether oxygens (including phenoxy) is 1. The van der Waals surface area contributed by atoms with E-state index in [0.717, 1.165) is 66.9 Å². The predicted octanol–water partition coefficient (Wildman–Crippen LogP) is 4.65. The standard InChI is InChI=1S/C23H29NO3S/c1-16-9-11-17(12-10-16)28(26)21-18-7-3-4-8-19(18)22(25)24-20(21)15-27-23(24)13-5-2-6-14-23/h9-12,18-19H,2-8,13-15H2,1H3/t18-,19+,28?/m1/s1. The van der Waals surface area contributed by atoms with E-state index in [4.69, 9.17) is 4.74 Å². The minimum atomic E-state index is -1.24. The fourth-order valence-corrected chi connectivity index (χ4v) is 7.28. The number of nitrogens with zero attached hydrogens (tertiary/aromatic N) is 1. The first kappa shape index (κ1) is 18.6. The summed E-state index contributed by atoms with van der Waals surface area (Å²) < 4.78 is 20.1. The Hall–Kier alpha value is -1.46. The molecule has 0 aromatic heterocycles. The fraction of sp³-hybridized carbons (Fsp3) is 0.609. The number of carbonyl (C=O) groups excluding carboxylic acids is 1. The van der Waals surface area contributed by atoms with E-state index in [2.05, 4.69) is 0 Å². The minimum Gasteiger partial charge on any atom is -0.349 e. The molecule has 1 spiro atoms. The Balaban J connectivity index is 1.62. The summed E-state index contributed by atoms with van der Waals surface area (Å²) in [6.07, 6.45) is 9.31. The third-order valence-electron chi connectivity index (χ3n) is 7.15. The number of benzene rings is 1. The topological polar surface area (TPSA) is 46.6 Å². The van der Waals surface area contributed by atoms with E-state index in [1.54, 1.807) is 0 Å². The molecule has 5 rings (SSSR count). The van der Waals surface area contributed by atoms with Gasteiger partial charge in [0.05, 0.1) is 23.1 Å². The van der Waals surface area contributed by atoms with Crippen LogP contribution in [0.2, 0.25) is 0 Å². The van der Waals surface area contributed by atoms with Gasteiger partial charge in [-0.1, -0.05) is 37.0 Å². The lowest BCUT2D eigenvalue weighted by Gasteiger charge is -2.46. The van der Waals surface area contributed by atoms with Crippen LogP contribution in [-0.2, 0) is 20.3 Å². The Labute approximate surface area is 169 Å². The summed E-state index contributed by atoms with van der Waals surface area (Å²) in [4.78, 5) is 17.4. The molecule has 1 saturated heterocycles. The van der Waals surface area contributed by atoms with Crippen molar-refractivity contribution in [1.82, 2.24) is 4.90 Å². The summed E-state index contributed by atoms with van der Waals surface area (Å²) in [6.45, 7) is 2.48. The van der Waals surface area contributed by atoms with Crippen LogP contribution in [0.3, 0.4) is 0 Å². The lowest BCUT2D eigenvalue weighted by molar-refractivity contribution is -0.160. The van der Waals surface area contributed by atoms with Crippen LogP contribution in [0.1, 0.15) is 63.4 Å². The van der Waals surface area contributed by atoms with Crippen LogP contribution in [-0.4, -0.2) is 27.3 Å². The summed E-state index contributed by atoms with van der Waals surface area (Å²) in [5.41, 5.74) is 1.62. The number of aryl methyl sites for hydroxylation is 1. The molecule has 1 aromatic carbocycles. The molecule has 2 aliphatic carbocycles. The average Bonchev–Trinajstić information content (AvgIpc) is 3.07. The minimum absolute atomic E-state index is 0.0256. The highest BCUT2D eigenvalue weighted by molar-refractivity contribution is 7.89. The van der Waals surface area contributed by atoms with E-state index in [1.165, 1.54) is 12.0 Å². The first-order valence-electron chi connectivity index (χ1n) is 10.8. The van der Waals surface area contributed by atoms with Crippen molar-refractivity contribution in [1.29, 1.82) is 0 Å². The molecular weight excluding hydrogens is 370 g/mol. The normalized spacial score (nSPS) is 30.3. The zero-order valence-corrected chi connectivity index (χ0v) is 17.4. The van der Waals surface area contributed by atoms with Crippen molar-refractivity contribution in [2.24, 2.45) is 11.8 Å². The largest absolute Gasteiger partial charge is 0.349 e. The third-order valence-corrected chi connectivity index (χ3v) is 8.79. The smallest absolute Gasteiger partial charge is 0.232 e. The van der Waals surface area contributed by atoms with Gasteiger partial charge in [0.25, 0.3) is 0 Å². The number of allylic oxidation sites excluding steroid dienone is 1. The molecule has 0 bridgehead atoms. The molecule has 28 heavy (non-hydrogen) atoms. The molecule has 1 amide bonds. The van der Waals surface area contributed by atoms with E-state index in [0.29, 0.717) is 6.61 Å².